The highest BCUT2D eigenvalue weighted by atomic mass is 16.5. The molecule has 0 atom stereocenters. The third kappa shape index (κ3) is 5.94. The van der Waals surface area contributed by atoms with Gasteiger partial charge in [-0.2, -0.15) is 0 Å². The largest absolute Gasteiger partial charge is 0.383 e. The van der Waals surface area contributed by atoms with Gasteiger partial charge >= 0.3 is 0 Å². The van der Waals surface area contributed by atoms with Crippen LogP contribution in [0.4, 0.5) is 0 Å². The van der Waals surface area contributed by atoms with Crippen LogP contribution < -0.4 is 0 Å². The molecule has 0 aromatic heterocycles. The lowest BCUT2D eigenvalue weighted by Gasteiger charge is -2.21. The molecule has 0 aliphatic rings. The Hall–Kier alpha value is -0.610. The molecule has 4 nitrogen and oxygen atoms in total. The number of hydrogen-bond acceptors (Lipinski definition) is 3. The molecular weight excluding hydrogens is 182 g/mol. The summed E-state index contributed by atoms with van der Waals surface area (Å²) >= 11 is 0. The van der Waals surface area contributed by atoms with E-state index in [4.69, 9.17) is 9.47 Å². The summed E-state index contributed by atoms with van der Waals surface area (Å²) in [4.78, 5) is 13.4. The quantitative estimate of drug-likeness (QED) is 0.588. The second kappa shape index (κ2) is 8.97. The summed E-state index contributed by atoms with van der Waals surface area (Å²) in [6.45, 7) is 4.47. The highest BCUT2D eigenvalue weighted by Crippen LogP contribution is 1.97. The van der Waals surface area contributed by atoms with Crippen molar-refractivity contribution in [3.8, 4) is 0 Å². The molecule has 1 amide bonds. The monoisotopic (exact) mass is 203 g/mol. The van der Waals surface area contributed by atoms with E-state index in [1.807, 2.05) is 6.92 Å². The van der Waals surface area contributed by atoms with Crippen LogP contribution in [0.15, 0.2) is 0 Å². The average molecular weight is 203 g/mol. The molecule has 4 heteroatoms. The summed E-state index contributed by atoms with van der Waals surface area (Å²) in [5.41, 5.74) is 0. The summed E-state index contributed by atoms with van der Waals surface area (Å²) in [7, 11) is 3.28. The number of carbonyl (C=O) groups is 1. The van der Waals surface area contributed by atoms with Gasteiger partial charge in [0.1, 0.15) is 0 Å². The van der Waals surface area contributed by atoms with E-state index >= 15 is 0 Å². The van der Waals surface area contributed by atoms with Crippen LogP contribution in [0.25, 0.3) is 0 Å². The fraction of sp³-hybridized carbons (Fsp3) is 0.900. The maximum atomic E-state index is 11.6. The number of hydrogen-bond donors (Lipinski definition) is 0. The molecule has 14 heavy (non-hydrogen) atoms. The molecule has 84 valence electrons. The van der Waals surface area contributed by atoms with Crippen molar-refractivity contribution < 1.29 is 14.3 Å². The van der Waals surface area contributed by atoms with E-state index in [-0.39, 0.29) is 5.91 Å². The van der Waals surface area contributed by atoms with E-state index in [1.54, 1.807) is 19.1 Å². The van der Waals surface area contributed by atoms with Gasteiger partial charge in [0.2, 0.25) is 5.91 Å². The Kier molecular flexibility index (Phi) is 8.57. The first-order valence-electron chi connectivity index (χ1n) is 5.01. The van der Waals surface area contributed by atoms with Gasteiger partial charge in [0.25, 0.3) is 0 Å². The van der Waals surface area contributed by atoms with Crippen molar-refractivity contribution in [1.29, 1.82) is 0 Å². The zero-order valence-electron chi connectivity index (χ0n) is 9.41. The fourth-order valence-electron chi connectivity index (χ4n) is 1.14. The third-order valence-electron chi connectivity index (χ3n) is 1.95. The van der Waals surface area contributed by atoms with Crippen molar-refractivity contribution in [2.45, 2.75) is 19.8 Å². The van der Waals surface area contributed by atoms with Crippen LogP contribution in [0.2, 0.25) is 0 Å². The van der Waals surface area contributed by atoms with Crippen molar-refractivity contribution in [3.63, 3.8) is 0 Å². The van der Waals surface area contributed by atoms with E-state index in [2.05, 4.69) is 0 Å². The molecule has 0 unspecified atom stereocenters. The normalized spacial score (nSPS) is 10.2. The van der Waals surface area contributed by atoms with E-state index < -0.39 is 0 Å². The number of carbonyl (C=O) groups excluding carboxylic acids is 1. The van der Waals surface area contributed by atoms with Crippen LogP contribution in [-0.2, 0) is 14.3 Å². The minimum atomic E-state index is 0.182. The van der Waals surface area contributed by atoms with Gasteiger partial charge in [-0.3, -0.25) is 4.79 Å². The van der Waals surface area contributed by atoms with Crippen LogP contribution in [0.5, 0.6) is 0 Å². The number of methoxy groups -OCH3 is 2. The summed E-state index contributed by atoms with van der Waals surface area (Å²) in [5.74, 6) is 0.182. The molecule has 0 aromatic rings. The number of amides is 1. The second-order valence-electron chi connectivity index (χ2n) is 3.12. The highest BCUT2D eigenvalue weighted by Gasteiger charge is 2.11. The van der Waals surface area contributed by atoms with E-state index in [1.165, 1.54) is 0 Å². The predicted molar refractivity (Wildman–Crippen MR) is 55.2 cm³/mol. The van der Waals surface area contributed by atoms with Gasteiger partial charge in [0, 0.05) is 33.7 Å². The van der Waals surface area contributed by atoms with Crippen LogP contribution in [0, 0.1) is 0 Å². The Labute approximate surface area is 86.2 Å². The minimum absolute atomic E-state index is 0.182. The van der Waals surface area contributed by atoms with Crippen LogP contribution in [0.1, 0.15) is 19.8 Å². The van der Waals surface area contributed by atoms with Crippen molar-refractivity contribution >= 4 is 5.91 Å². The molecule has 0 bridgehead atoms. The molecule has 0 fully saturated rings. The fourth-order valence-corrected chi connectivity index (χ4v) is 1.14. The van der Waals surface area contributed by atoms with E-state index in [0.29, 0.717) is 32.7 Å². The van der Waals surface area contributed by atoms with Gasteiger partial charge in [-0.25, -0.2) is 0 Å². The van der Waals surface area contributed by atoms with Gasteiger partial charge in [-0.1, -0.05) is 6.92 Å². The van der Waals surface area contributed by atoms with Gasteiger partial charge < -0.3 is 14.4 Å². The number of rotatable bonds is 8. The first-order chi connectivity index (χ1) is 6.76. The molecule has 0 N–H and O–H groups in total. The Bertz CT molecular complexity index is 142. The third-order valence-corrected chi connectivity index (χ3v) is 1.95. The smallest absolute Gasteiger partial charge is 0.222 e. The summed E-state index contributed by atoms with van der Waals surface area (Å²) in [5, 5.41) is 0. The van der Waals surface area contributed by atoms with Crippen LogP contribution >= 0.6 is 0 Å². The molecule has 0 aliphatic carbocycles. The van der Waals surface area contributed by atoms with Gasteiger partial charge in [-0.15, -0.1) is 0 Å². The Morgan fingerprint density at radius 1 is 1.14 bits per heavy atom. The number of ether oxygens (including phenoxy) is 2. The molecule has 0 aliphatic heterocycles. The highest BCUT2D eigenvalue weighted by molar-refractivity contribution is 5.76. The SMILES string of the molecule is CCCC(=O)N(CCOC)CCOC. The number of nitrogens with zero attached hydrogens (tertiary/aromatic N) is 1. The maximum absolute atomic E-state index is 11.6. The zero-order valence-corrected chi connectivity index (χ0v) is 9.41. The van der Waals surface area contributed by atoms with Crippen molar-refractivity contribution in [3.05, 3.63) is 0 Å². The molecular formula is C10H21NO3. The Morgan fingerprint density at radius 3 is 2.00 bits per heavy atom. The molecule has 0 saturated carbocycles. The molecule has 0 radical (unpaired) electrons. The average Bonchev–Trinajstić information content (AvgIpc) is 2.18. The summed E-state index contributed by atoms with van der Waals surface area (Å²) in [6, 6.07) is 0. The standard InChI is InChI=1S/C10H21NO3/c1-4-5-10(12)11(6-8-13-2)7-9-14-3/h4-9H2,1-3H3. The Morgan fingerprint density at radius 2 is 1.64 bits per heavy atom. The lowest BCUT2D eigenvalue weighted by molar-refractivity contribution is -0.132. The zero-order chi connectivity index (χ0) is 10.8. The van der Waals surface area contributed by atoms with E-state index in [9.17, 15) is 4.79 Å². The maximum Gasteiger partial charge on any atom is 0.222 e. The Balaban J connectivity index is 3.88. The molecule has 0 saturated heterocycles. The second-order valence-corrected chi connectivity index (χ2v) is 3.12. The summed E-state index contributed by atoms with van der Waals surface area (Å²) < 4.78 is 9.89. The first kappa shape index (κ1) is 13.4. The van der Waals surface area contributed by atoms with Crippen LogP contribution in [0.3, 0.4) is 0 Å². The van der Waals surface area contributed by atoms with E-state index in [0.717, 1.165) is 6.42 Å². The van der Waals surface area contributed by atoms with Gasteiger partial charge in [0.05, 0.1) is 13.2 Å². The molecule has 0 aromatic carbocycles. The van der Waals surface area contributed by atoms with Crippen molar-refractivity contribution in [2.75, 3.05) is 40.5 Å². The predicted octanol–water partition coefficient (Wildman–Crippen LogP) is 0.908. The molecule has 0 rings (SSSR count). The minimum Gasteiger partial charge on any atom is -0.383 e. The van der Waals surface area contributed by atoms with Crippen molar-refractivity contribution in [1.82, 2.24) is 4.90 Å². The lowest BCUT2D eigenvalue weighted by atomic mass is 10.3. The first-order valence-corrected chi connectivity index (χ1v) is 5.01. The van der Waals surface area contributed by atoms with Gasteiger partial charge in [0.15, 0.2) is 0 Å². The molecule has 0 spiro atoms. The molecule has 0 heterocycles. The lowest BCUT2D eigenvalue weighted by Crippen LogP contribution is -2.36. The topological polar surface area (TPSA) is 38.8 Å². The van der Waals surface area contributed by atoms with Crippen molar-refractivity contribution in [2.24, 2.45) is 0 Å². The summed E-state index contributed by atoms with van der Waals surface area (Å²) in [6.07, 6.45) is 1.49. The van der Waals surface area contributed by atoms with Gasteiger partial charge in [-0.05, 0) is 6.42 Å². The van der Waals surface area contributed by atoms with Crippen LogP contribution in [-0.4, -0.2) is 51.3 Å².